The van der Waals surface area contributed by atoms with Gasteiger partial charge in [-0.3, -0.25) is 9.69 Å². The van der Waals surface area contributed by atoms with Gasteiger partial charge in [0, 0.05) is 6.61 Å². The van der Waals surface area contributed by atoms with E-state index in [1.54, 1.807) is 0 Å². The van der Waals surface area contributed by atoms with Crippen molar-refractivity contribution in [3.8, 4) is 0 Å². The van der Waals surface area contributed by atoms with E-state index in [1.165, 1.54) is 19.3 Å². The molecule has 1 fully saturated rings. The summed E-state index contributed by atoms with van der Waals surface area (Å²) in [5, 5.41) is 0. The molecule has 18 heavy (non-hydrogen) atoms. The minimum atomic E-state index is -0.220. The third kappa shape index (κ3) is 4.58. The zero-order valence-electron chi connectivity index (χ0n) is 12.0. The van der Waals surface area contributed by atoms with E-state index in [0.29, 0.717) is 26.2 Å². The Morgan fingerprint density at radius 3 is 2.39 bits per heavy atom. The summed E-state index contributed by atoms with van der Waals surface area (Å²) in [6.45, 7) is 9.80. The van der Waals surface area contributed by atoms with Crippen LogP contribution in [0.4, 0.5) is 0 Å². The Kier molecular flexibility index (Phi) is 6.65. The lowest BCUT2D eigenvalue weighted by Gasteiger charge is -2.42. The minimum absolute atomic E-state index is 0.120. The van der Waals surface area contributed by atoms with E-state index in [4.69, 9.17) is 9.47 Å². The Bertz CT molecular complexity index is 251. The predicted molar refractivity (Wildman–Crippen MR) is 71.6 cm³/mol. The average molecular weight is 257 g/mol. The number of rotatable bonds is 7. The van der Waals surface area contributed by atoms with Crippen molar-refractivity contribution in [2.75, 3.05) is 32.9 Å². The number of carbonyl (C=O) groups excluding carboxylic acids is 1. The highest BCUT2D eigenvalue weighted by Gasteiger charge is 2.35. The van der Waals surface area contributed by atoms with E-state index in [9.17, 15) is 4.79 Å². The number of likely N-dealkylation sites (tertiary alicyclic amines) is 1. The summed E-state index contributed by atoms with van der Waals surface area (Å²) < 4.78 is 10.7. The second-order valence-corrected chi connectivity index (χ2v) is 5.16. The Hall–Kier alpha value is -0.610. The maximum Gasteiger partial charge on any atom is 0.307 e. The van der Waals surface area contributed by atoms with Crippen LogP contribution in [0.5, 0.6) is 0 Å². The summed E-state index contributed by atoms with van der Waals surface area (Å²) in [5.41, 5.74) is -0.220. The zero-order chi connectivity index (χ0) is 13.4. The summed E-state index contributed by atoms with van der Waals surface area (Å²) >= 11 is 0. The van der Waals surface area contributed by atoms with Crippen molar-refractivity contribution in [3.05, 3.63) is 0 Å². The molecule has 0 amide bonds. The van der Waals surface area contributed by atoms with Gasteiger partial charge in [0.1, 0.15) is 0 Å². The molecular formula is C14H27NO3. The van der Waals surface area contributed by atoms with Gasteiger partial charge in [0.05, 0.1) is 25.2 Å². The van der Waals surface area contributed by atoms with Crippen molar-refractivity contribution in [2.45, 2.75) is 52.0 Å². The van der Waals surface area contributed by atoms with E-state index < -0.39 is 0 Å². The second-order valence-electron chi connectivity index (χ2n) is 5.16. The zero-order valence-corrected chi connectivity index (χ0v) is 12.0. The smallest absolute Gasteiger partial charge is 0.307 e. The first kappa shape index (κ1) is 15.4. The topological polar surface area (TPSA) is 38.8 Å². The number of hydrogen-bond acceptors (Lipinski definition) is 4. The van der Waals surface area contributed by atoms with Crippen LogP contribution >= 0.6 is 0 Å². The van der Waals surface area contributed by atoms with Gasteiger partial charge in [-0.05, 0) is 46.7 Å². The normalized spacial score (nSPS) is 20.4. The van der Waals surface area contributed by atoms with Gasteiger partial charge in [-0.25, -0.2) is 0 Å². The van der Waals surface area contributed by atoms with Crippen LogP contribution in [0.25, 0.3) is 0 Å². The fourth-order valence-electron chi connectivity index (χ4n) is 2.53. The molecule has 106 valence electrons. The number of piperidine rings is 1. The lowest BCUT2D eigenvalue weighted by Crippen LogP contribution is -2.53. The Labute approximate surface area is 111 Å². The first-order valence-electron chi connectivity index (χ1n) is 7.11. The van der Waals surface area contributed by atoms with Crippen molar-refractivity contribution in [2.24, 2.45) is 0 Å². The highest BCUT2D eigenvalue weighted by Crippen LogP contribution is 2.25. The molecule has 1 atom stereocenters. The van der Waals surface area contributed by atoms with Crippen molar-refractivity contribution in [1.82, 2.24) is 4.90 Å². The van der Waals surface area contributed by atoms with Gasteiger partial charge in [-0.2, -0.15) is 0 Å². The van der Waals surface area contributed by atoms with Gasteiger partial charge < -0.3 is 9.47 Å². The van der Waals surface area contributed by atoms with E-state index in [0.717, 1.165) is 13.1 Å². The van der Waals surface area contributed by atoms with Crippen LogP contribution in [-0.2, 0) is 14.3 Å². The number of carbonyl (C=O) groups is 1. The van der Waals surface area contributed by atoms with Crippen LogP contribution in [-0.4, -0.2) is 49.3 Å². The van der Waals surface area contributed by atoms with E-state index in [-0.39, 0.29) is 11.5 Å². The standard InChI is InChI=1S/C14H27NO3/c1-4-17-12-14(3,11-13(16)18-5-2)15-9-7-6-8-10-15/h4-12H2,1-3H3. The average Bonchev–Trinajstić information content (AvgIpc) is 2.38. The first-order chi connectivity index (χ1) is 8.62. The Morgan fingerprint density at radius 1 is 1.17 bits per heavy atom. The maximum absolute atomic E-state index is 11.8. The molecule has 0 aromatic carbocycles. The van der Waals surface area contributed by atoms with Crippen LogP contribution in [0.3, 0.4) is 0 Å². The molecule has 1 heterocycles. The molecule has 1 saturated heterocycles. The maximum atomic E-state index is 11.8. The summed E-state index contributed by atoms with van der Waals surface area (Å²) in [6, 6.07) is 0. The molecule has 0 spiro atoms. The van der Waals surface area contributed by atoms with Gasteiger partial charge in [-0.1, -0.05) is 6.42 Å². The number of ether oxygens (including phenoxy) is 2. The van der Waals surface area contributed by atoms with Gasteiger partial charge in [0.15, 0.2) is 0 Å². The quantitative estimate of drug-likeness (QED) is 0.656. The molecule has 1 unspecified atom stereocenters. The van der Waals surface area contributed by atoms with Gasteiger partial charge in [0.2, 0.25) is 0 Å². The Morgan fingerprint density at radius 2 is 1.83 bits per heavy atom. The van der Waals surface area contributed by atoms with Crippen molar-refractivity contribution in [3.63, 3.8) is 0 Å². The second kappa shape index (κ2) is 7.74. The van der Waals surface area contributed by atoms with Gasteiger partial charge in [-0.15, -0.1) is 0 Å². The van der Waals surface area contributed by atoms with Gasteiger partial charge >= 0.3 is 5.97 Å². The lowest BCUT2D eigenvalue weighted by atomic mass is 9.93. The molecule has 4 heteroatoms. The summed E-state index contributed by atoms with van der Waals surface area (Å²) in [4.78, 5) is 14.2. The lowest BCUT2D eigenvalue weighted by molar-refractivity contribution is -0.148. The molecule has 0 saturated carbocycles. The summed E-state index contributed by atoms with van der Waals surface area (Å²) in [6.07, 6.45) is 4.14. The predicted octanol–water partition coefficient (Wildman–Crippen LogP) is 2.22. The highest BCUT2D eigenvalue weighted by atomic mass is 16.5. The molecule has 0 N–H and O–H groups in total. The van der Waals surface area contributed by atoms with Crippen LogP contribution in [0.2, 0.25) is 0 Å². The van der Waals surface area contributed by atoms with Crippen LogP contribution in [0.15, 0.2) is 0 Å². The SMILES string of the molecule is CCOCC(C)(CC(=O)OCC)N1CCCCC1. The molecule has 1 aliphatic heterocycles. The molecule has 4 nitrogen and oxygen atoms in total. The van der Waals surface area contributed by atoms with Gasteiger partial charge in [0.25, 0.3) is 0 Å². The third-order valence-corrected chi connectivity index (χ3v) is 3.57. The largest absolute Gasteiger partial charge is 0.466 e. The molecule has 0 aromatic heterocycles. The molecule has 1 aliphatic rings. The molecule has 0 aromatic rings. The first-order valence-corrected chi connectivity index (χ1v) is 7.11. The fourth-order valence-corrected chi connectivity index (χ4v) is 2.53. The third-order valence-electron chi connectivity index (χ3n) is 3.57. The monoisotopic (exact) mass is 257 g/mol. The molecule has 0 bridgehead atoms. The van der Waals surface area contributed by atoms with Crippen LogP contribution < -0.4 is 0 Å². The number of esters is 1. The van der Waals surface area contributed by atoms with Crippen molar-refractivity contribution >= 4 is 5.97 Å². The summed E-state index contributed by atoms with van der Waals surface area (Å²) in [5.74, 6) is -0.120. The van der Waals surface area contributed by atoms with E-state index >= 15 is 0 Å². The van der Waals surface area contributed by atoms with E-state index in [2.05, 4.69) is 11.8 Å². The number of nitrogens with zero attached hydrogens (tertiary/aromatic N) is 1. The molecular weight excluding hydrogens is 230 g/mol. The van der Waals surface area contributed by atoms with Crippen LogP contribution in [0.1, 0.15) is 46.5 Å². The molecule has 0 aliphatic carbocycles. The van der Waals surface area contributed by atoms with E-state index in [1.807, 2.05) is 13.8 Å². The van der Waals surface area contributed by atoms with Crippen LogP contribution in [0, 0.1) is 0 Å². The summed E-state index contributed by atoms with van der Waals surface area (Å²) in [7, 11) is 0. The fraction of sp³-hybridized carbons (Fsp3) is 0.929. The minimum Gasteiger partial charge on any atom is -0.466 e. The van der Waals surface area contributed by atoms with Crippen molar-refractivity contribution in [1.29, 1.82) is 0 Å². The number of hydrogen-bond donors (Lipinski definition) is 0. The Balaban J connectivity index is 2.63. The molecule has 1 rings (SSSR count). The highest BCUT2D eigenvalue weighted by molar-refractivity contribution is 5.70. The molecule has 0 radical (unpaired) electrons. The van der Waals surface area contributed by atoms with Crippen molar-refractivity contribution < 1.29 is 14.3 Å².